The van der Waals surface area contributed by atoms with Crippen molar-refractivity contribution in [2.75, 3.05) is 24.4 Å². The molecular weight excluding hydrogens is 372 g/mol. The minimum absolute atomic E-state index is 0.179. The summed E-state index contributed by atoms with van der Waals surface area (Å²) in [7, 11) is 1.32. The molecule has 2 aromatic carbocycles. The summed E-state index contributed by atoms with van der Waals surface area (Å²) >= 11 is 0. The first-order valence-electron chi connectivity index (χ1n) is 8.92. The highest BCUT2D eigenvalue weighted by Crippen LogP contribution is 2.24. The van der Waals surface area contributed by atoms with Crippen LogP contribution in [0.1, 0.15) is 27.8 Å². The second-order valence-electron chi connectivity index (χ2n) is 5.85. The molecule has 29 heavy (non-hydrogen) atoms. The van der Waals surface area contributed by atoms with Crippen molar-refractivity contribution < 1.29 is 19.1 Å². The van der Waals surface area contributed by atoms with Gasteiger partial charge < -0.3 is 20.1 Å². The average molecular weight is 392 g/mol. The fourth-order valence-corrected chi connectivity index (χ4v) is 2.55. The van der Waals surface area contributed by atoms with Crippen molar-refractivity contribution in [2.45, 2.75) is 6.92 Å². The molecule has 3 aromatic rings. The maximum absolute atomic E-state index is 12.6. The topological polar surface area (TPSA) is 102 Å². The summed E-state index contributed by atoms with van der Waals surface area (Å²) in [5.41, 5.74) is 1.71. The molecule has 0 unspecified atom stereocenters. The number of benzene rings is 2. The fraction of sp³-hybridized carbons (Fsp3) is 0.143. The van der Waals surface area contributed by atoms with Gasteiger partial charge in [0.25, 0.3) is 5.91 Å². The van der Waals surface area contributed by atoms with E-state index in [0.29, 0.717) is 29.3 Å². The van der Waals surface area contributed by atoms with Crippen molar-refractivity contribution in [3.8, 4) is 5.75 Å². The SMILES string of the molecule is CCOc1ccccc1NC(=O)c1ccnc(Nc2cccc(C(=O)OC)c2)n1. The van der Waals surface area contributed by atoms with Gasteiger partial charge in [0.1, 0.15) is 11.4 Å². The zero-order valence-electron chi connectivity index (χ0n) is 16.0. The fourth-order valence-electron chi connectivity index (χ4n) is 2.55. The van der Waals surface area contributed by atoms with Crippen LogP contribution in [0.4, 0.5) is 17.3 Å². The Kier molecular flexibility index (Phi) is 6.36. The van der Waals surface area contributed by atoms with Crippen LogP contribution in [0.15, 0.2) is 60.8 Å². The van der Waals surface area contributed by atoms with Gasteiger partial charge in [0.2, 0.25) is 5.95 Å². The number of nitrogens with one attached hydrogen (secondary N) is 2. The molecule has 0 bridgehead atoms. The lowest BCUT2D eigenvalue weighted by Crippen LogP contribution is -2.15. The second kappa shape index (κ2) is 9.32. The van der Waals surface area contributed by atoms with Gasteiger partial charge in [-0.2, -0.15) is 0 Å². The molecule has 0 radical (unpaired) electrons. The number of ether oxygens (including phenoxy) is 2. The normalized spacial score (nSPS) is 10.1. The zero-order chi connectivity index (χ0) is 20.6. The lowest BCUT2D eigenvalue weighted by atomic mass is 10.2. The number of esters is 1. The molecule has 1 amide bonds. The first-order valence-corrected chi connectivity index (χ1v) is 8.92. The number of hydrogen-bond acceptors (Lipinski definition) is 7. The maximum Gasteiger partial charge on any atom is 0.337 e. The van der Waals surface area contributed by atoms with Crippen LogP contribution in [-0.2, 0) is 4.74 Å². The molecule has 0 saturated heterocycles. The van der Waals surface area contributed by atoms with Crippen LogP contribution in [0.3, 0.4) is 0 Å². The highest BCUT2D eigenvalue weighted by molar-refractivity contribution is 6.03. The first-order chi connectivity index (χ1) is 14.1. The molecule has 0 aliphatic carbocycles. The minimum Gasteiger partial charge on any atom is -0.492 e. The Morgan fingerprint density at radius 2 is 1.90 bits per heavy atom. The van der Waals surface area contributed by atoms with Gasteiger partial charge in [-0.1, -0.05) is 18.2 Å². The number of rotatable bonds is 7. The molecule has 8 heteroatoms. The Bertz CT molecular complexity index is 1020. The summed E-state index contributed by atoms with van der Waals surface area (Å²) in [6.07, 6.45) is 1.48. The Balaban J connectivity index is 1.76. The highest BCUT2D eigenvalue weighted by atomic mass is 16.5. The molecule has 0 spiro atoms. The molecule has 8 nitrogen and oxygen atoms in total. The predicted molar refractivity (Wildman–Crippen MR) is 109 cm³/mol. The molecule has 0 saturated carbocycles. The lowest BCUT2D eigenvalue weighted by molar-refractivity contribution is 0.0600. The summed E-state index contributed by atoms with van der Waals surface area (Å²) in [4.78, 5) is 32.6. The summed E-state index contributed by atoms with van der Waals surface area (Å²) in [6.45, 7) is 2.36. The van der Waals surface area contributed by atoms with Gasteiger partial charge in [-0.3, -0.25) is 4.79 Å². The molecule has 0 atom stereocenters. The van der Waals surface area contributed by atoms with Gasteiger partial charge >= 0.3 is 5.97 Å². The zero-order valence-corrected chi connectivity index (χ0v) is 16.0. The average Bonchev–Trinajstić information content (AvgIpc) is 2.75. The molecule has 148 valence electrons. The summed E-state index contributed by atoms with van der Waals surface area (Å²) in [6, 6.07) is 15.4. The van der Waals surface area contributed by atoms with Crippen molar-refractivity contribution in [3.63, 3.8) is 0 Å². The largest absolute Gasteiger partial charge is 0.492 e. The van der Waals surface area contributed by atoms with Crippen molar-refractivity contribution >= 4 is 29.2 Å². The Morgan fingerprint density at radius 3 is 2.69 bits per heavy atom. The van der Waals surface area contributed by atoms with Gasteiger partial charge in [-0.05, 0) is 43.3 Å². The number of carbonyl (C=O) groups excluding carboxylic acids is 2. The quantitative estimate of drug-likeness (QED) is 0.592. The van der Waals surface area contributed by atoms with E-state index in [4.69, 9.17) is 9.47 Å². The molecule has 0 aliphatic heterocycles. The van der Waals surface area contributed by atoms with Gasteiger partial charge in [0.05, 0.1) is 25.0 Å². The number of nitrogens with zero attached hydrogens (tertiary/aromatic N) is 2. The maximum atomic E-state index is 12.6. The molecule has 0 fully saturated rings. The van der Waals surface area contributed by atoms with E-state index < -0.39 is 11.9 Å². The number of amides is 1. The predicted octanol–water partition coefficient (Wildman–Crippen LogP) is 3.66. The highest BCUT2D eigenvalue weighted by Gasteiger charge is 2.13. The molecule has 2 N–H and O–H groups in total. The van der Waals surface area contributed by atoms with Gasteiger partial charge in [0.15, 0.2) is 0 Å². The third-order valence-corrected chi connectivity index (χ3v) is 3.86. The van der Waals surface area contributed by atoms with E-state index in [1.54, 1.807) is 42.5 Å². The third kappa shape index (κ3) is 5.07. The van der Waals surface area contributed by atoms with Crippen molar-refractivity contribution in [2.24, 2.45) is 0 Å². The van der Waals surface area contributed by atoms with E-state index in [1.807, 2.05) is 13.0 Å². The van der Waals surface area contributed by atoms with Crippen LogP contribution in [0.5, 0.6) is 5.75 Å². The number of para-hydroxylation sites is 2. The number of anilines is 3. The monoisotopic (exact) mass is 392 g/mol. The molecule has 1 heterocycles. The Labute approximate surface area is 167 Å². The Hall–Kier alpha value is -3.94. The van der Waals surface area contributed by atoms with Crippen LogP contribution >= 0.6 is 0 Å². The summed E-state index contributed by atoms with van der Waals surface area (Å²) < 4.78 is 10.2. The lowest BCUT2D eigenvalue weighted by Gasteiger charge is -2.11. The number of methoxy groups -OCH3 is 1. The molecule has 1 aromatic heterocycles. The second-order valence-corrected chi connectivity index (χ2v) is 5.85. The van der Waals surface area contributed by atoms with Crippen molar-refractivity contribution in [3.05, 3.63) is 72.1 Å². The molecule has 3 rings (SSSR count). The van der Waals surface area contributed by atoms with E-state index in [9.17, 15) is 9.59 Å². The van der Waals surface area contributed by atoms with E-state index in [0.717, 1.165) is 0 Å². The standard InChI is InChI=1S/C21H20N4O4/c1-3-29-18-10-5-4-9-16(18)24-19(26)17-11-12-22-21(25-17)23-15-8-6-7-14(13-15)20(27)28-2/h4-13H,3H2,1-2H3,(H,24,26)(H,22,23,25). The van der Waals surface area contributed by atoms with Crippen LogP contribution in [0.2, 0.25) is 0 Å². The first kappa shape index (κ1) is 19.8. The van der Waals surface area contributed by atoms with Gasteiger partial charge in [-0.15, -0.1) is 0 Å². The van der Waals surface area contributed by atoms with Crippen molar-refractivity contribution in [1.82, 2.24) is 9.97 Å². The van der Waals surface area contributed by atoms with Crippen LogP contribution in [-0.4, -0.2) is 35.6 Å². The van der Waals surface area contributed by atoms with E-state index >= 15 is 0 Å². The van der Waals surface area contributed by atoms with Gasteiger partial charge in [0, 0.05) is 11.9 Å². The third-order valence-electron chi connectivity index (χ3n) is 3.86. The van der Waals surface area contributed by atoms with Crippen LogP contribution in [0.25, 0.3) is 0 Å². The molecular formula is C21H20N4O4. The number of carbonyl (C=O) groups is 2. The van der Waals surface area contributed by atoms with Crippen LogP contribution < -0.4 is 15.4 Å². The summed E-state index contributed by atoms with van der Waals surface area (Å²) in [5.74, 6) is -0.0466. The number of hydrogen-bond donors (Lipinski definition) is 2. The number of aromatic nitrogens is 2. The van der Waals surface area contributed by atoms with E-state index in [-0.39, 0.29) is 11.6 Å². The summed E-state index contributed by atoms with van der Waals surface area (Å²) in [5, 5.41) is 5.77. The minimum atomic E-state index is -0.448. The Morgan fingerprint density at radius 1 is 1.07 bits per heavy atom. The van der Waals surface area contributed by atoms with Gasteiger partial charge in [-0.25, -0.2) is 14.8 Å². The van der Waals surface area contributed by atoms with E-state index in [1.165, 1.54) is 19.4 Å². The molecule has 0 aliphatic rings. The smallest absolute Gasteiger partial charge is 0.337 e. The van der Waals surface area contributed by atoms with Crippen molar-refractivity contribution in [1.29, 1.82) is 0 Å². The van der Waals surface area contributed by atoms with Crippen LogP contribution in [0, 0.1) is 0 Å². The van der Waals surface area contributed by atoms with E-state index in [2.05, 4.69) is 20.6 Å².